The number of fused-ring (bicyclic) bond motifs is 3. The van der Waals surface area contributed by atoms with Crippen LogP contribution in [0.15, 0.2) is 66.7 Å². The summed E-state index contributed by atoms with van der Waals surface area (Å²) in [6, 6.07) is 21.4. The molecule has 0 bridgehead atoms. The molecule has 0 heterocycles. The van der Waals surface area contributed by atoms with Gasteiger partial charge in [0.25, 0.3) is 5.91 Å². The van der Waals surface area contributed by atoms with Crippen LogP contribution in [0.3, 0.4) is 0 Å². The van der Waals surface area contributed by atoms with E-state index >= 15 is 0 Å². The second-order valence-electron chi connectivity index (χ2n) is 5.75. The predicted molar refractivity (Wildman–Crippen MR) is 93.5 cm³/mol. The third-order valence-corrected chi connectivity index (χ3v) is 4.24. The molecule has 0 atom stereocenters. The fourth-order valence-corrected chi connectivity index (χ4v) is 3.18. The Bertz CT molecular complexity index is 915. The van der Waals surface area contributed by atoms with Crippen LogP contribution in [0.5, 0.6) is 0 Å². The van der Waals surface area contributed by atoms with Crippen molar-refractivity contribution in [1.29, 1.82) is 0 Å². The summed E-state index contributed by atoms with van der Waals surface area (Å²) in [5.74, 6) is -0.0970. The molecule has 3 N–H and O–H groups in total. The molecule has 23 heavy (non-hydrogen) atoms. The number of nitrogen functional groups attached to an aromatic ring is 1. The number of anilines is 2. The number of hydrogen-bond acceptors (Lipinski definition) is 2. The Hall–Kier alpha value is -3.07. The maximum atomic E-state index is 12.7. The van der Waals surface area contributed by atoms with Crippen LogP contribution < -0.4 is 11.1 Å². The number of nitrogens with two attached hydrogens (primary N) is 1. The Morgan fingerprint density at radius 2 is 1.70 bits per heavy atom. The fraction of sp³-hybridized carbons (Fsp3) is 0.0500. The lowest BCUT2D eigenvalue weighted by Gasteiger charge is -2.10. The van der Waals surface area contributed by atoms with E-state index in [9.17, 15) is 4.79 Å². The minimum Gasteiger partial charge on any atom is -0.399 e. The standard InChI is InChI=1S/C20H16N2O/c21-14-6-3-7-15(12-14)22-20(23)18-10-4-9-17-16-8-2-1-5-13(16)11-19(17)18/h1-10,12H,11,21H2,(H,22,23). The van der Waals surface area contributed by atoms with Crippen LogP contribution in [-0.4, -0.2) is 5.91 Å². The lowest BCUT2D eigenvalue weighted by atomic mass is 10.0. The first-order chi connectivity index (χ1) is 11.2. The van der Waals surface area contributed by atoms with Crippen molar-refractivity contribution >= 4 is 17.3 Å². The third kappa shape index (κ3) is 2.36. The smallest absolute Gasteiger partial charge is 0.255 e. The second kappa shape index (κ2) is 5.29. The zero-order valence-electron chi connectivity index (χ0n) is 12.5. The molecule has 1 aliphatic carbocycles. The highest BCUT2D eigenvalue weighted by atomic mass is 16.1. The fourth-order valence-electron chi connectivity index (χ4n) is 3.18. The van der Waals surface area contributed by atoms with Gasteiger partial charge in [-0.05, 0) is 52.9 Å². The zero-order valence-corrected chi connectivity index (χ0v) is 12.5. The lowest BCUT2D eigenvalue weighted by Crippen LogP contribution is -2.14. The molecule has 3 nitrogen and oxygen atoms in total. The number of carbonyl (C=O) groups excluding carboxylic acids is 1. The van der Waals surface area contributed by atoms with E-state index < -0.39 is 0 Å². The number of hydrogen-bond donors (Lipinski definition) is 2. The Morgan fingerprint density at radius 3 is 2.57 bits per heavy atom. The van der Waals surface area contributed by atoms with Gasteiger partial charge in [0.1, 0.15) is 0 Å². The van der Waals surface area contributed by atoms with Gasteiger partial charge in [-0.2, -0.15) is 0 Å². The van der Waals surface area contributed by atoms with Crippen LogP contribution in [-0.2, 0) is 6.42 Å². The quantitative estimate of drug-likeness (QED) is 0.548. The maximum absolute atomic E-state index is 12.7. The van der Waals surface area contributed by atoms with Crippen molar-refractivity contribution < 1.29 is 4.79 Å². The molecule has 0 radical (unpaired) electrons. The molecule has 1 amide bonds. The van der Waals surface area contributed by atoms with Gasteiger partial charge in [-0.3, -0.25) is 4.79 Å². The van der Waals surface area contributed by atoms with Crippen molar-refractivity contribution in [3.05, 3.63) is 83.4 Å². The monoisotopic (exact) mass is 300 g/mol. The molecule has 112 valence electrons. The van der Waals surface area contributed by atoms with Gasteiger partial charge in [-0.1, -0.05) is 42.5 Å². The minimum atomic E-state index is -0.0970. The Balaban J connectivity index is 1.70. The van der Waals surface area contributed by atoms with E-state index in [1.165, 1.54) is 11.1 Å². The topological polar surface area (TPSA) is 55.1 Å². The lowest BCUT2D eigenvalue weighted by molar-refractivity contribution is 0.102. The van der Waals surface area contributed by atoms with Gasteiger partial charge >= 0.3 is 0 Å². The van der Waals surface area contributed by atoms with Gasteiger partial charge < -0.3 is 11.1 Å². The minimum absolute atomic E-state index is 0.0970. The van der Waals surface area contributed by atoms with Crippen molar-refractivity contribution in [2.45, 2.75) is 6.42 Å². The first-order valence-electron chi connectivity index (χ1n) is 7.59. The molecule has 0 aliphatic heterocycles. The number of nitrogens with one attached hydrogen (secondary N) is 1. The summed E-state index contributed by atoms with van der Waals surface area (Å²) in [6.07, 6.45) is 0.798. The van der Waals surface area contributed by atoms with E-state index in [-0.39, 0.29) is 5.91 Å². The van der Waals surface area contributed by atoms with E-state index in [4.69, 9.17) is 5.73 Å². The summed E-state index contributed by atoms with van der Waals surface area (Å²) in [4.78, 5) is 12.7. The molecule has 0 aromatic heterocycles. The van der Waals surface area contributed by atoms with Crippen LogP contribution >= 0.6 is 0 Å². The molecule has 3 heteroatoms. The molecule has 0 unspecified atom stereocenters. The van der Waals surface area contributed by atoms with Gasteiger partial charge in [-0.25, -0.2) is 0 Å². The molecule has 3 aromatic rings. The summed E-state index contributed by atoms with van der Waals surface area (Å²) in [5.41, 5.74) is 12.6. The summed E-state index contributed by atoms with van der Waals surface area (Å²) >= 11 is 0. The molecule has 1 aliphatic rings. The predicted octanol–water partition coefficient (Wildman–Crippen LogP) is 4.09. The van der Waals surface area contributed by atoms with Crippen LogP contribution in [0, 0.1) is 0 Å². The van der Waals surface area contributed by atoms with Crippen molar-refractivity contribution in [3.63, 3.8) is 0 Å². The Labute approximate surface area is 134 Å². The van der Waals surface area contributed by atoms with Gasteiger partial charge in [0.2, 0.25) is 0 Å². The average molecular weight is 300 g/mol. The second-order valence-corrected chi connectivity index (χ2v) is 5.75. The van der Waals surface area contributed by atoms with Gasteiger partial charge in [0, 0.05) is 16.9 Å². The maximum Gasteiger partial charge on any atom is 0.255 e. The number of rotatable bonds is 2. The Morgan fingerprint density at radius 1 is 0.913 bits per heavy atom. The molecule has 0 saturated heterocycles. The SMILES string of the molecule is Nc1cccc(NC(=O)c2cccc3c2Cc2ccccc2-3)c1. The van der Waals surface area contributed by atoms with Crippen molar-refractivity contribution in [3.8, 4) is 11.1 Å². The highest BCUT2D eigenvalue weighted by Crippen LogP contribution is 2.38. The molecule has 3 aromatic carbocycles. The Kier molecular flexibility index (Phi) is 3.12. The normalized spacial score (nSPS) is 11.7. The van der Waals surface area contributed by atoms with Crippen molar-refractivity contribution in [2.24, 2.45) is 0 Å². The van der Waals surface area contributed by atoms with Gasteiger partial charge in [0.15, 0.2) is 0 Å². The van der Waals surface area contributed by atoms with Crippen LogP contribution in [0.4, 0.5) is 11.4 Å². The van der Waals surface area contributed by atoms with Gasteiger partial charge in [-0.15, -0.1) is 0 Å². The van der Waals surface area contributed by atoms with E-state index in [0.717, 1.165) is 23.1 Å². The molecule has 0 spiro atoms. The molecular formula is C20H16N2O. The largest absolute Gasteiger partial charge is 0.399 e. The summed E-state index contributed by atoms with van der Waals surface area (Å²) in [6.45, 7) is 0. The summed E-state index contributed by atoms with van der Waals surface area (Å²) < 4.78 is 0. The third-order valence-electron chi connectivity index (χ3n) is 4.24. The average Bonchev–Trinajstić information content (AvgIpc) is 2.93. The van der Waals surface area contributed by atoms with E-state index in [1.54, 1.807) is 12.1 Å². The first kappa shape index (κ1) is 13.6. The highest BCUT2D eigenvalue weighted by molar-refractivity contribution is 6.07. The first-order valence-corrected chi connectivity index (χ1v) is 7.59. The number of benzene rings is 3. The summed E-state index contributed by atoms with van der Waals surface area (Å²) in [7, 11) is 0. The van der Waals surface area contributed by atoms with E-state index in [2.05, 4.69) is 23.5 Å². The van der Waals surface area contributed by atoms with Crippen molar-refractivity contribution in [1.82, 2.24) is 0 Å². The van der Waals surface area contributed by atoms with E-state index in [1.807, 2.05) is 36.4 Å². The van der Waals surface area contributed by atoms with E-state index in [0.29, 0.717) is 11.4 Å². The molecular weight excluding hydrogens is 284 g/mol. The number of carbonyl (C=O) groups is 1. The highest BCUT2D eigenvalue weighted by Gasteiger charge is 2.23. The van der Waals surface area contributed by atoms with Crippen LogP contribution in [0.25, 0.3) is 11.1 Å². The molecule has 4 rings (SSSR count). The van der Waals surface area contributed by atoms with Gasteiger partial charge in [0.05, 0.1) is 0 Å². The van der Waals surface area contributed by atoms with Crippen LogP contribution in [0.1, 0.15) is 21.5 Å². The summed E-state index contributed by atoms with van der Waals surface area (Å²) in [5, 5.41) is 2.94. The molecule has 0 fully saturated rings. The number of amides is 1. The zero-order chi connectivity index (χ0) is 15.8. The molecule has 0 saturated carbocycles. The van der Waals surface area contributed by atoms with Crippen LogP contribution in [0.2, 0.25) is 0 Å². The van der Waals surface area contributed by atoms with Crippen molar-refractivity contribution in [2.75, 3.05) is 11.1 Å².